The van der Waals surface area contributed by atoms with E-state index >= 15 is 0 Å². The summed E-state index contributed by atoms with van der Waals surface area (Å²) in [6, 6.07) is 8.58. The van der Waals surface area contributed by atoms with Gasteiger partial charge >= 0.3 is 5.97 Å². The zero-order valence-corrected chi connectivity index (χ0v) is 14.8. The number of hydrogen-bond acceptors (Lipinski definition) is 5. The molecule has 1 atom stereocenters. The molecule has 0 radical (unpaired) electrons. The number of rotatable bonds is 3. The van der Waals surface area contributed by atoms with Crippen molar-refractivity contribution in [3.05, 3.63) is 46.2 Å². The van der Waals surface area contributed by atoms with E-state index in [0.29, 0.717) is 16.3 Å². The highest BCUT2D eigenvalue weighted by Crippen LogP contribution is 2.31. The molecular weight excluding hydrogens is 340 g/mol. The van der Waals surface area contributed by atoms with Gasteiger partial charge in [0.25, 0.3) is 5.91 Å². The second kappa shape index (κ2) is 7.06. The first-order valence-electron chi connectivity index (χ1n) is 7.89. The van der Waals surface area contributed by atoms with Crippen LogP contribution in [0.25, 0.3) is 0 Å². The maximum atomic E-state index is 12.7. The van der Waals surface area contributed by atoms with Crippen molar-refractivity contribution in [2.75, 3.05) is 16.8 Å². The van der Waals surface area contributed by atoms with Gasteiger partial charge in [-0.1, -0.05) is 12.1 Å². The molecule has 7 heteroatoms. The summed E-state index contributed by atoms with van der Waals surface area (Å²) in [6.07, 6.45) is 0.179. The Bertz CT molecular complexity index is 830. The maximum absolute atomic E-state index is 12.7. The third-order valence-electron chi connectivity index (χ3n) is 4.00. The Morgan fingerprint density at radius 1 is 1.32 bits per heavy atom. The van der Waals surface area contributed by atoms with Crippen LogP contribution in [0.4, 0.5) is 11.4 Å². The van der Waals surface area contributed by atoms with Crippen LogP contribution >= 0.6 is 11.3 Å². The number of hydrogen-bond donors (Lipinski definition) is 1. The highest BCUT2D eigenvalue weighted by Gasteiger charge is 2.30. The Morgan fingerprint density at radius 3 is 2.80 bits per heavy atom. The van der Waals surface area contributed by atoms with E-state index < -0.39 is 5.97 Å². The van der Waals surface area contributed by atoms with Crippen molar-refractivity contribution in [3.8, 4) is 0 Å². The first kappa shape index (κ1) is 17.2. The fourth-order valence-electron chi connectivity index (χ4n) is 2.81. The van der Waals surface area contributed by atoms with E-state index in [4.69, 9.17) is 4.74 Å². The number of aryl methyl sites for hydroxylation is 1. The Hall–Kier alpha value is -2.67. The Labute approximate surface area is 149 Å². The molecule has 1 aliphatic rings. The molecule has 1 aliphatic heterocycles. The molecule has 6 nitrogen and oxygen atoms in total. The van der Waals surface area contributed by atoms with Crippen molar-refractivity contribution < 1.29 is 19.1 Å². The number of benzene rings is 1. The summed E-state index contributed by atoms with van der Waals surface area (Å²) in [5.74, 6) is -1.02. The summed E-state index contributed by atoms with van der Waals surface area (Å²) in [5, 5.41) is 4.60. The van der Waals surface area contributed by atoms with Gasteiger partial charge < -0.3 is 15.0 Å². The highest BCUT2D eigenvalue weighted by molar-refractivity contribution is 7.12. The quantitative estimate of drug-likeness (QED) is 0.856. The summed E-state index contributed by atoms with van der Waals surface area (Å²) < 4.78 is 5.19. The van der Waals surface area contributed by atoms with Crippen LogP contribution in [0.1, 0.15) is 28.6 Å². The van der Waals surface area contributed by atoms with Gasteiger partial charge in [0, 0.05) is 12.5 Å². The first-order valence-corrected chi connectivity index (χ1v) is 8.77. The molecular formula is C18H18N2O4S. The molecule has 3 rings (SSSR count). The molecule has 2 heterocycles. The number of nitrogens with one attached hydrogen (secondary N) is 1. The number of carbonyl (C=O) groups is 3. The van der Waals surface area contributed by atoms with Crippen LogP contribution in [0.5, 0.6) is 0 Å². The molecule has 0 aliphatic carbocycles. The number of para-hydroxylation sites is 2. The van der Waals surface area contributed by atoms with E-state index in [1.54, 1.807) is 36.6 Å². The van der Waals surface area contributed by atoms with E-state index in [1.165, 1.54) is 16.2 Å². The number of nitrogens with zero attached hydrogens (tertiary/aromatic N) is 1. The van der Waals surface area contributed by atoms with Crippen LogP contribution in [-0.4, -0.2) is 30.4 Å². The van der Waals surface area contributed by atoms with Gasteiger partial charge in [-0.3, -0.25) is 9.59 Å². The average Bonchev–Trinajstić information content (AvgIpc) is 2.94. The number of esters is 1. The van der Waals surface area contributed by atoms with Crippen LogP contribution in [0.3, 0.4) is 0 Å². The van der Waals surface area contributed by atoms with Crippen LogP contribution in [0.15, 0.2) is 35.7 Å². The third kappa shape index (κ3) is 3.56. The number of ether oxygens (including phenoxy) is 1. The van der Waals surface area contributed by atoms with Crippen molar-refractivity contribution >= 4 is 40.5 Å². The van der Waals surface area contributed by atoms with Crippen LogP contribution in [0, 0.1) is 6.92 Å². The minimum atomic E-state index is -0.509. The van der Waals surface area contributed by atoms with Crippen molar-refractivity contribution in [1.82, 2.24) is 0 Å². The van der Waals surface area contributed by atoms with Crippen molar-refractivity contribution in [2.24, 2.45) is 0 Å². The maximum Gasteiger partial charge on any atom is 0.349 e. The lowest BCUT2D eigenvalue weighted by Gasteiger charge is -2.27. The lowest BCUT2D eigenvalue weighted by molar-refractivity contribution is -0.122. The normalized spacial score (nSPS) is 16.6. The number of thiophene rings is 1. The fraction of sp³-hybridized carbons (Fsp3) is 0.278. The van der Waals surface area contributed by atoms with E-state index in [1.807, 2.05) is 13.0 Å². The smallest absolute Gasteiger partial charge is 0.349 e. The molecule has 130 valence electrons. The Morgan fingerprint density at radius 2 is 2.08 bits per heavy atom. The third-order valence-corrected chi connectivity index (χ3v) is 5.00. The summed E-state index contributed by atoms with van der Waals surface area (Å²) in [4.78, 5) is 38.8. The largest absolute Gasteiger partial charge is 0.451 e. The van der Waals surface area contributed by atoms with Gasteiger partial charge in [-0.15, -0.1) is 11.3 Å². The van der Waals surface area contributed by atoms with E-state index in [-0.39, 0.29) is 30.9 Å². The Kier molecular flexibility index (Phi) is 4.85. The Balaban J connectivity index is 1.77. The van der Waals surface area contributed by atoms with Crippen molar-refractivity contribution in [3.63, 3.8) is 0 Å². The molecule has 2 amide bonds. The summed E-state index contributed by atoms with van der Waals surface area (Å²) in [6.45, 7) is 3.24. The predicted octanol–water partition coefficient (Wildman–Crippen LogP) is 2.98. The lowest BCUT2D eigenvalue weighted by Crippen LogP contribution is -2.41. The standard InChI is InChI=1S/C18H18N2O4S/c1-11-7-8-25-17(11)18(23)24-10-16(22)20-12(2)9-15(21)19-13-5-3-4-6-14(13)20/h3-8,12H,9-10H2,1-2H3,(H,19,21)/t12-/m0/s1. The van der Waals surface area contributed by atoms with Crippen LogP contribution in [0.2, 0.25) is 0 Å². The van der Waals surface area contributed by atoms with Gasteiger partial charge in [0.1, 0.15) is 4.88 Å². The molecule has 25 heavy (non-hydrogen) atoms. The molecule has 1 N–H and O–H groups in total. The monoisotopic (exact) mass is 358 g/mol. The van der Waals surface area contributed by atoms with E-state index in [9.17, 15) is 14.4 Å². The molecule has 2 aromatic rings. The molecule has 1 aromatic carbocycles. The first-order chi connectivity index (χ1) is 12.0. The molecule has 1 aromatic heterocycles. The summed E-state index contributed by atoms with van der Waals surface area (Å²) in [5.41, 5.74) is 2.01. The molecule has 0 fully saturated rings. The number of carbonyl (C=O) groups excluding carboxylic acids is 3. The zero-order chi connectivity index (χ0) is 18.0. The van der Waals surface area contributed by atoms with Gasteiger partial charge in [-0.05, 0) is 43.0 Å². The number of amides is 2. The lowest BCUT2D eigenvalue weighted by atomic mass is 10.1. The minimum absolute atomic E-state index is 0.151. The fourth-order valence-corrected chi connectivity index (χ4v) is 3.63. The summed E-state index contributed by atoms with van der Waals surface area (Å²) >= 11 is 1.28. The summed E-state index contributed by atoms with van der Waals surface area (Å²) in [7, 11) is 0. The topological polar surface area (TPSA) is 75.7 Å². The van der Waals surface area contributed by atoms with Gasteiger partial charge in [0.15, 0.2) is 6.61 Å². The molecule has 0 spiro atoms. The molecule has 0 saturated carbocycles. The molecule has 0 bridgehead atoms. The van der Waals surface area contributed by atoms with Crippen LogP contribution < -0.4 is 10.2 Å². The number of fused-ring (bicyclic) bond motifs is 1. The predicted molar refractivity (Wildman–Crippen MR) is 96.0 cm³/mol. The second-order valence-electron chi connectivity index (χ2n) is 5.89. The SMILES string of the molecule is Cc1ccsc1C(=O)OCC(=O)N1c2ccccc2NC(=O)C[C@@H]1C. The molecule has 0 unspecified atom stereocenters. The molecule has 0 saturated heterocycles. The van der Waals surface area contributed by atoms with Crippen molar-refractivity contribution in [1.29, 1.82) is 0 Å². The zero-order valence-electron chi connectivity index (χ0n) is 13.9. The van der Waals surface area contributed by atoms with Crippen molar-refractivity contribution in [2.45, 2.75) is 26.3 Å². The van der Waals surface area contributed by atoms with Gasteiger partial charge in [-0.25, -0.2) is 4.79 Å². The van der Waals surface area contributed by atoms with Crippen LogP contribution in [-0.2, 0) is 14.3 Å². The highest BCUT2D eigenvalue weighted by atomic mass is 32.1. The number of anilines is 2. The van der Waals surface area contributed by atoms with Gasteiger partial charge in [0.2, 0.25) is 5.91 Å². The van der Waals surface area contributed by atoms with E-state index in [2.05, 4.69) is 5.32 Å². The second-order valence-corrected chi connectivity index (χ2v) is 6.81. The van der Waals surface area contributed by atoms with Gasteiger partial charge in [-0.2, -0.15) is 0 Å². The minimum Gasteiger partial charge on any atom is -0.451 e. The average molecular weight is 358 g/mol. The van der Waals surface area contributed by atoms with Gasteiger partial charge in [0.05, 0.1) is 11.4 Å². The van der Waals surface area contributed by atoms with E-state index in [0.717, 1.165) is 5.56 Å².